The Labute approximate surface area is 98.6 Å². The maximum atomic E-state index is 5.93. The van der Waals surface area contributed by atoms with Gasteiger partial charge in [-0.1, -0.05) is 6.92 Å². The summed E-state index contributed by atoms with van der Waals surface area (Å²) in [7, 11) is 1.70. The SMILES string of the molecule is CCCNC1CCOCC1OC(C)COC. The van der Waals surface area contributed by atoms with Crippen molar-refractivity contribution in [2.75, 3.05) is 33.5 Å². The summed E-state index contributed by atoms with van der Waals surface area (Å²) in [5, 5.41) is 3.52. The van der Waals surface area contributed by atoms with E-state index in [1.165, 1.54) is 0 Å². The highest BCUT2D eigenvalue weighted by Crippen LogP contribution is 2.13. The molecule has 0 aromatic heterocycles. The molecule has 16 heavy (non-hydrogen) atoms. The van der Waals surface area contributed by atoms with Gasteiger partial charge in [0.1, 0.15) is 0 Å². The van der Waals surface area contributed by atoms with Crippen molar-refractivity contribution in [3.63, 3.8) is 0 Å². The van der Waals surface area contributed by atoms with Crippen molar-refractivity contribution in [3.8, 4) is 0 Å². The largest absolute Gasteiger partial charge is 0.382 e. The van der Waals surface area contributed by atoms with E-state index < -0.39 is 0 Å². The van der Waals surface area contributed by atoms with Crippen LogP contribution in [-0.2, 0) is 14.2 Å². The quantitative estimate of drug-likeness (QED) is 0.714. The molecule has 1 fully saturated rings. The first-order valence-corrected chi connectivity index (χ1v) is 6.23. The Morgan fingerprint density at radius 2 is 2.31 bits per heavy atom. The van der Waals surface area contributed by atoms with Gasteiger partial charge in [-0.2, -0.15) is 0 Å². The lowest BCUT2D eigenvalue weighted by Gasteiger charge is -2.34. The summed E-state index contributed by atoms with van der Waals surface area (Å²) in [6.07, 6.45) is 2.47. The highest BCUT2D eigenvalue weighted by Gasteiger charge is 2.27. The summed E-state index contributed by atoms with van der Waals surface area (Å²) in [6.45, 7) is 7.42. The molecule has 1 heterocycles. The number of nitrogens with one attached hydrogen (secondary N) is 1. The summed E-state index contributed by atoms with van der Waals surface area (Å²) in [6, 6.07) is 0.424. The molecule has 1 aliphatic rings. The highest BCUT2D eigenvalue weighted by molar-refractivity contribution is 4.81. The third-order valence-corrected chi connectivity index (χ3v) is 2.77. The molecule has 4 nitrogen and oxygen atoms in total. The van der Waals surface area contributed by atoms with Crippen LogP contribution >= 0.6 is 0 Å². The van der Waals surface area contributed by atoms with Crippen LogP contribution in [0.1, 0.15) is 26.7 Å². The van der Waals surface area contributed by atoms with Gasteiger partial charge in [-0.25, -0.2) is 0 Å². The Hall–Kier alpha value is -0.160. The fourth-order valence-corrected chi connectivity index (χ4v) is 1.98. The van der Waals surface area contributed by atoms with E-state index in [9.17, 15) is 0 Å². The zero-order valence-corrected chi connectivity index (χ0v) is 10.7. The van der Waals surface area contributed by atoms with E-state index in [1.807, 2.05) is 6.92 Å². The molecule has 0 aromatic carbocycles. The van der Waals surface area contributed by atoms with Crippen LogP contribution in [0, 0.1) is 0 Å². The summed E-state index contributed by atoms with van der Waals surface area (Å²) >= 11 is 0. The molecular weight excluding hydrogens is 206 g/mol. The number of ether oxygens (including phenoxy) is 3. The molecule has 0 saturated carbocycles. The molecule has 0 aliphatic carbocycles. The maximum Gasteiger partial charge on any atom is 0.0966 e. The van der Waals surface area contributed by atoms with Gasteiger partial charge in [-0.3, -0.25) is 0 Å². The molecule has 0 amide bonds. The molecule has 3 unspecified atom stereocenters. The average Bonchev–Trinajstić information content (AvgIpc) is 2.28. The fourth-order valence-electron chi connectivity index (χ4n) is 1.98. The highest BCUT2D eigenvalue weighted by atomic mass is 16.6. The molecule has 1 N–H and O–H groups in total. The van der Waals surface area contributed by atoms with Crippen LogP contribution in [0.25, 0.3) is 0 Å². The zero-order chi connectivity index (χ0) is 11.8. The average molecular weight is 231 g/mol. The number of methoxy groups -OCH3 is 1. The van der Waals surface area contributed by atoms with Gasteiger partial charge in [0.05, 0.1) is 25.4 Å². The van der Waals surface area contributed by atoms with Gasteiger partial charge in [0.25, 0.3) is 0 Å². The van der Waals surface area contributed by atoms with Gasteiger partial charge in [-0.15, -0.1) is 0 Å². The lowest BCUT2D eigenvalue weighted by molar-refractivity contribution is -0.109. The van der Waals surface area contributed by atoms with Crippen LogP contribution in [0.15, 0.2) is 0 Å². The minimum atomic E-state index is 0.127. The van der Waals surface area contributed by atoms with Crippen molar-refractivity contribution in [3.05, 3.63) is 0 Å². The normalized spacial score (nSPS) is 27.9. The Morgan fingerprint density at radius 1 is 1.50 bits per heavy atom. The van der Waals surface area contributed by atoms with Crippen molar-refractivity contribution in [2.24, 2.45) is 0 Å². The fraction of sp³-hybridized carbons (Fsp3) is 1.00. The first-order chi connectivity index (χ1) is 7.77. The number of rotatable bonds is 7. The second-order valence-corrected chi connectivity index (χ2v) is 4.36. The van der Waals surface area contributed by atoms with Crippen LogP contribution in [0.2, 0.25) is 0 Å². The lowest BCUT2D eigenvalue weighted by Crippen LogP contribution is -2.49. The van der Waals surface area contributed by atoms with Gasteiger partial charge in [0, 0.05) is 19.8 Å². The topological polar surface area (TPSA) is 39.7 Å². The second-order valence-electron chi connectivity index (χ2n) is 4.36. The molecule has 1 saturated heterocycles. The molecule has 1 aliphatic heterocycles. The van der Waals surface area contributed by atoms with Crippen molar-refractivity contribution in [1.29, 1.82) is 0 Å². The summed E-state index contributed by atoms with van der Waals surface area (Å²) in [5.74, 6) is 0. The van der Waals surface area contributed by atoms with Gasteiger partial charge >= 0.3 is 0 Å². The third-order valence-electron chi connectivity index (χ3n) is 2.77. The van der Waals surface area contributed by atoms with Crippen LogP contribution in [0.4, 0.5) is 0 Å². The number of hydrogen-bond acceptors (Lipinski definition) is 4. The van der Waals surface area contributed by atoms with Gasteiger partial charge in [0.2, 0.25) is 0 Å². The molecule has 0 spiro atoms. The van der Waals surface area contributed by atoms with Crippen molar-refractivity contribution in [1.82, 2.24) is 5.32 Å². The Bertz CT molecular complexity index is 178. The van der Waals surface area contributed by atoms with Gasteiger partial charge < -0.3 is 19.5 Å². The van der Waals surface area contributed by atoms with Crippen molar-refractivity contribution >= 4 is 0 Å². The zero-order valence-electron chi connectivity index (χ0n) is 10.7. The van der Waals surface area contributed by atoms with E-state index in [-0.39, 0.29) is 12.2 Å². The molecule has 0 bridgehead atoms. The minimum Gasteiger partial charge on any atom is -0.382 e. The van der Waals surface area contributed by atoms with E-state index in [1.54, 1.807) is 7.11 Å². The van der Waals surface area contributed by atoms with Gasteiger partial charge in [-0.05, 0) is 26.3 Å². The van der Waals surface area contributed by atoms with E-state index in [2.05, 4.69) is 12.2 Å². The van der Waals surface area contributed by atoms with Crippen LogP contribution in [0.3, 0.4) is 0 Å². The minimum absolute atomic E-state index is 0.127. The molecule has 96 valence electrons. The van der Waals surface area contributed by atoms with Crippen LogP contribution < -0.4 is 5.32 Å². The molecular formula is C12H25NO3. The predicted octanol–water partition coefficient (Wildman–Crippen LogP) is 1.19. The van der Waals surface area contributed by atoms with Crippen LogP contribution in [0.5, 0.6) is 0 Å². The first kappa shape index (κ1) is 13.9. The summed E-state index contributed by atoms with van der Waals surface area (Å²) in [5.41, 5.74) is 0. The van der Waals surface area contributed by atoms with Crippen LogP contribution in [-0.4, -0.2) is 51.7 Å². The van der Waals surface area contributed by atoms with Gasteiger partial charge in [0.15, 0.2) is 0 Å². The summed E-state index contributed by atoms with van der Waals surface area (Å²) < 4.78 is 16.5. The van der Waals surface area contributed by atoms with E-state index >= 15 is 0 Å². The standard InChI is InChI=1S/C12H25NO3/c1-4-6-13-11-5-7-15-9-12(11)16-10(2)8-14-3/h10-13H,4-9H2,1-3H3. The Morgan fingerprint density at radius 3 is 3.00 bits per heavy atom. The van der Waals surface area contributed by atoms with Crippen molar-refractivity contribution < 1.29 is 14.2 Å². The first-order valence-electron chi connectivity index (χ1n) is 6.23. The van der Waals surface area contributed by atoms with E-state index in [4.69, 9.17) is 14.2 Å². The monoisotopic (exact) mass is 231 g/mol. The maximum absolute atomic E-state index is 5.93. The Kier molecular flexibility index (Phi) is 6.96. The molecule has 1 rings (SSSR count). The Balaban J connectivity index is 2.33. The predicted molar refractivity (Wildman–Crippen MR) is 63.7 cm³/mol. The summed E-state index contributed by atoms with van der Waals surface area (Å²) in [4.78, 5) is 0. The lowest BCUT2D eigenvalue weighted by atomic mass is 10.1. The third kappa shape index (κ3) is 4.78. The molecule has 0 radical (unpaired) electrons. The van der Waals surface area contributed by atoms with E-state index in [0.717, 1.165) is 26.0 Å². The molecule has 4 heteroatoms. The van der Waals surface area contributed by atoms with Crippen molar-refractivity contribution in [2.45, 2.75) is 44.9 Å². The van der Waals surface area contributed by atoms with E-state index in [0.29, 0.717) is 19.3 Å². The smallest absolute Gasteiger partial charge is 0.0966 e. The molecule has 0 aromatic rings. The molecule has 3 atom stereocenters. The number of hydrogen-bond donors (Lipinski definition) is 1. The second kappa shape index (κ2) is 8.01.